The first-order valence-corrected chi connectivity index (χ1v) is 12.5. The van der Waals surface area contributed by atoms with E-state index in [0.717, 1.165) is 72.4 Å². The summed E-state index contributed by atoms with van der Waals surface area (Å²) in [5.74, 6) is 0.0127. The number of carbonyl (C=O) groups excluding carboxylic acids is 2. The molecule has 9 heteroatoms. The lowest BCUT2D eigenvalue weighted by Crippen LogP contribution is -2.44. The largest absolute Gasteiger partial charge is 0.378 e. The van der Waals surface area contributed by atoms with Crippen molar-refractivity contribution in [3.05, 3.63) is 45.2 Å². The van der Waals surface area contributed by atoms with Crippen LogP contribution in [0.15, 0.2) is 39.7 Å². The second-order valence-electron chi connectivity index (χ2n) is 9.15. The van der Waals surface area contributed by atoms with Crippen LogP contribution in [0.4, 0.5) is 5.82 Å². The van der Waals surface area contributed by atoms with Crippen molar-refractivity contribution >= 4 is 33.6 Å². The Morgan fingerprint density at radius 2 is 2.06 bits per heavy atom. The van der Waals surface area contributed by atoms with Crippen molar-refractivity contribution in [2.75, 3.05) is 51.6 Å². The monoisotopic (exact) mass is 516 g/mol. The molecule has 2 unspecified atom stereocenters. The molecule has 2 amide bonds. The molecular formula is C24H33BrN6O2. The first kappa shape index (κ1) is 23.9. The third-order valence-electron chi connectivity index (χ3n) is 6.72. The number of amides is 2. The number of nitrogens with zero attached hydrogens (tertiary/aromatic N) is 3. The van der Waals surface area contributed by atoms with Crippen LogP contribution in [0.5, 0.6) is 0 Å². The minimum absolute atomic E-state index is 0.0313. The van der Waals surface area contributed by atoms with Gasteiger partial charge in [-0.3, -0.25) is 9.59 Å². The molecule has 178 valence electrons. The number of likely N-dealkylation sites (N-methyl/N-ethyl adjacent to an activating group) is 1. The lowest BCUT2D eigenvalue weighted by molar-refractivity contribution is -0.118. The third kappa shape index (κ3) is 5.47. The fourth-order valence-electron chi connectivity index (χ4n) is 4.72. The smallest absolute Gasteiger partial charge is 0.249 e. The minimum atomic E-state index is -0.438. The molecule has 1 aromatic rings. The summed E-state index contributed by atoms with van der Waals surface area (Å²) in [6.45, 7) is 10.2. The van der Waals surface area contributed by atoms with Crippen LogP contribution in [0, 0.1) is 0 Å². The van der Waals surface area contributed by atoms with Crippen molar-refractivity contribution in [1.29, 1.82) is 0 Å². The fraction of sp³-hybridized carbons (Fsp3) is 0.542. The van der Waals surface area contributed by atoms with E-state index < -0.39 is 5.92 Å². The summed E-state index contributed by atoms with van der Waals surface area (Å²) in [5, 5.41) is 9.30. The number of piperazine rings is 1. The van der Waals surface area contributed by atoms with Crippen LogP contribution in [0.3, 0.4) is 0 Å². The summed E-state index contributed by atoms with van der Waals surface area (Å²) in [6.07, 6.45) is 5.62. The van der Waals surface area contributed by atoms with Crippen LogP contribution >= 0.6 is 15.9 Å². The first-order valence-electron chi connectivity index (χ1n) is 11.7. The Morgan fingerprint density at radius 3 is 2.82 bits per heavy atom. The molecule has 1 fully saturated rings. The number of hydrogen-bond donors (Lipinski definition) is 3. The van der Waals surface area contributed by atoms with E-state index in [1.807, 2.05) is 26.0 Å². The van der Waals surface area contributed by atoms with Crippen molar-refractivity contribution < 1.29 is 9.59 Å². The van der Waals surface area contributed by atoms with Crippen molar-refractivity contribution in [1.82, 2.24) is 25.4 Å². The maximum absolute atomic E-state index is 12.9. The Morgan fingerprint density at radius 1 is 1.30 bits per heavy atom. The van der Waals surface area contributed by atoms with E-state index in [-0.39, 0.29) is 17.9 Å². The molecule has 0 radical (unpaired) electrons. The Labute approximate surface area is 204 Å². The zero-order valence-corrected chi connectivity index (χ0v) is 21.2. The Hall–Kier alpha value is -2.23. The maximum atomic E-state index is 12.9. The van der Waals surface area contributed by atoms with Gasteiger partial charge in [-0.25, -0.2) is 4.98 Å². The summed E-state index contributed by atoms with van der Waals surface area (Å²) in [5.41, 5.74) is 3.30. The molecule has 3 aliphatic rings. The maximum Gasteiger partial charge on any atom is 0.249 e. The fourth-order valence-corrected chi connectivity index (χ4v) is 5.07. The van der Waals surface area contributed by atoms with Gasteiger partial charge in [0.1, 0.15) is 5.82 Å². The summed E-state index contributed by atoms with van der Waals surface area (Å²) in [7, 11) is 2.17. The standard InChI is InChI=1S/C24H33BrN6O2/c1-15-20(13-19-18-12-17(25)14-27-22(18)29-23(19)32)28-16(2)21(15)24(33)26-6-4-5-7-31-10-8-30(3)9-11-31/h12-14,16,19,28H,4-11H2,1-3H3,(H,26,33)(H,27,29,32)/b20-13-. The van der Waals surface area contributed by atoms with E-state index in [0.29, 0.717) is 12.4 Å². The highest BCUT2D eigenvalue weighted by molar-refractivity contribution is 9.10. The number of anilines is 1. The van der Waals surface area contributed by atoms with Crippen LogP contribution in [0.25, 0.3) is 0 Å². The van der Waals surface area contributed by atoms with Crippen molar-refractivity contribution in [3.63, 3.8) is 0 Å². The second kappa shape index (κ2) is 10.4. The van der Waals surface area contributed by atoms with Gasteiger partial charge in [-0.15, -0.1) is 0 Å². The summed E-state index contributed by atoms with van der Waals surface area (Å²) in [6, 6.07) is 1.81. The van der Waals surface area contributed by atoms with Crippen molar-refractivity contribution in [2.24, 2.45) is 0 Å². The van der Waals surface area contributed by atoms with Crippen LogP contribution in [-0.4, -0.2) is 79.0 Å². The molecule has 8 nitrogen and oxygen atoms in total. The molecule has 0 spiro atoms. The number of rotatable bonds is 7. The SMILES string of the molecule is CC1=C(C(=O)NCCCCN2CCN(C)CC2)C(C)N/C1=C\C1C(=O)Nc2ncc(Br)cc21. The molecule has 1 aromatic heterocycles. The van der Waals surface area contributed by atoms with Gasteiger partial charge in [-0.1, -0.05) is 0 Å². The van der Waals surface area contributed by atoms with E-state index >= 15 is 0 Å². The molecule has 4 heterocycles. The van der Waals surface area contributed by atoms with Gasteiger partial charge in [0.25, 0.3) is 0 Å². The number of halogens is 1. The van der Waals surface area contributed by atoms with Crippen molar-refractivity contribution in [2.45, 2.75) is 38.6 Å². The molecule has 4 rings (SSSR count). The number of fused-ring (bicyclic) bond motifs is 1. The van der Waals surface area contributed by atoms with E-state index in [1.165, 1.54) is 0 Å². The molecule has 0 bridgehead atoms. The summed E-state index contributed by atoms with van der Waals surface area (Å²) >= 11 is 3.43. The molecule has 0 aromatic carbocycles. The predicted molar refractivity (Wildman–Crippen MR) is 133 cm³/mol. The molecule has 0 aliphatic carbocycles. The van der Waals surface area contributed by atoms with E-state index in [4.69, 9.17) is 0 Å². The van der Waals surface area contributed by atoms with E-state index in [2.05, 4.69) is 53.7 Å². The van der Waals surface area contributed by atoms with Crippen LogP contribution < -0.4 is 16.0 Å². The molecular weight excluding hydrogens is 484 g/mol. The first-order chi connectivity index (χ1) is 15.8. The number of allylic oxidation sites excluding steroid dienone is 1. The second-order valence-corrected chi connectivity index (χ2v) is 10.1. The van der Waals surface area contributed by atoms with E-state index in [1.54, 1.807) is 6.20 Å². The highest BCUT2D eigenvalue weighted by atomic mass is 79.9. The zero-order valence-electron chi connectivity index (χ0n) is 19.6. The Kier molecular flexibility index (Phi) is 7.51. The zero-order chi connectivity index (χ0) is 23.5. The van der Waals surface area contributed by atoms with E-state index in [9.17, 15) is 9.59 Å². The quantitative estimate of drug-likeness (QED) is 0.481. The van der Waals surface area contributed by atoms with Gasteiger partial charge < -0.3 is 25.8 Å². The summed E-state index contributed by atoms with van der Waals surface area (Å²) < 4.78 is 0.828. The number of carbonyl (C=O) groups is 2. The molecule has 1 saturated heterocycles. The highest BCUT2D eigenvalue weighted by Gasteiger charge is 2.34. The topological polar surface area (TPSA) is 89.6 Å². The number of nitrogens with one attached hydrogen (secondary N) is 3. The molecule has 0 saturated carbocycles. The van der Waals surface area contributed by atoms with Crippen molar-refractivity contribution in [3.8, 4) is 0 Å². The van der Waals surface area contributed by atoms with Gasteiger partial charge >= 0.3 is 0 Å². The number of pyridine rings is 1. The lowest BCUT2D eigenvalue weighted by atomic mass is 9.99. The van der Waals surface area contributed by atoms with Gasteiger partial charge in [0.05, 0.1) is 12.0 Å². The van der Waals surface area contributed by atoms with Crippen LogP contribution in [0.2, 0.25) is 0 Å². The van der Waals surface area contributed by atoms with Crippen LogP contribution in [0.1, 0.15) is 38.2 Å². The van der Waals surface area contributed by atoms with Gasteiger partial charge in [0.2, 0.25) is 11.8 Å². The average Bonchev–Trinajstić information content (AvgIpc) is 3.24. The number of aromatic nitrogens is 1. The van der Waals surface area contributed by atoms with Crippen LogP contribution in [-0.2, 0) is 9.59 Å². The van der Waals surface area contributed by atoms with Gasteiger partial charge in [0.15, 0.2) is 0 Å². The minimum Gasteiger partial charge on any atom is -0.378 e. The normalized spacial score (nSPS) is 24.7. The summed E-state index contributed by atoms with van der Waals surface area (Å²) in [4.78, 5) is 34.6. The highest BCUT2D eigenvalue weighted by Crippen LogP contribution is 2.36. The molecule has 3 N–H and O–H groups in total. The van der Waals surface area contributed by atoms with Gasteiger partial charge in [-0.05, 0) is 73.9 Å². The molecule has 33 heavy (non-hydrogen) atoms. The Bertz CT molecular complexity index is 983. The average molecular weight is 517 g/mol. The van der Waals surface area contributed by atoms with Gasteiger partial charge in [0, 0.05) is 60.2 Å². The predicted octanol–water partition coefficient (Wildman–Crippen LogP) is 2.22. The number of hydrogen-bond acceptors (Lipinski definition) is 6. The van der Waals surface area contributed by atoms with Gasteiger partial charge in [-0.2, -0.15) is 0 Å². The Balaban J connectivity index is 1.33. The lowest BCUT2D eigenvalue weighted by Gasteiger charge is -2.32. The molecule has 2 atom stereocenters. The molecule has 3 aliphatic heterocycles. The number of unbranched alkanes of at least 4 members (excludes halogenated alkanes) is 1. The third-order valence-corrected chi connectivity index (χ3v) is 7.15.